The van der Waals surface area contributed by atoms with Crippen LogP contribution in [-0.4, -0.2) is 22.9 Å². The van der Waals surface area contributed by atoms with Crippen LogP contribution in [0.25, 0.3) is 0 Å². The number of benzene rings is 1. The van der Waals surface area contributed by atoms with Gasteiger partial charge in [0.2, 0.25) is 0 Å². The monoisotopic (exact) mass is 367 g/mol. The molecule has 2 aliphatic rings. The Morgan fingerprint density at radius 3 is 2.59 bits per heavy atom. The van der Waals surface area contributed by atoms with Crippen molar-refractivity contribution in [1.29, 1.82) is 0 Å². The van der Waals surface area contributed by atoms with Gasteiger partial charge in [-0.1, -0.05) is 12.1 Å². The highest BCUT2D eigenvalue weighted by Crippen LogP contribution is 2.28. The van der Waals surface area contributed by atoms with Crippen LogP contribution in [-0.2, 0) is 19.4 Å². The Hall–Kier alpha value is -2.14. The molecule has 2 aliphatic carbocycles. The quantitative estimate of drug-likeness (QED) is 0.880. The molecule has 4 rings (SSSR count). The number of ether oxygens (including phenoxy) is 1. The molecular weight excluding hydrogens is 338 g/mol. The molecule has 1 N–H and O–H groups in total. The summed E-state index contributed by atoms with van der Waals surface area (Å²) in [5, 5.41) is 8.41. The van der Waals surface area contributed by atoms with Crippen molar-refractivity contribution in [3.05, 3.63) is 57.5 Å². The maximum Gasteiger partial charge on any atom is 0.267 e. The number of hydrogen-bond donors (Lipinski definition) is 1. The Bertz CT molecular complexity index is 820. The number of aryl methyl sites for hydroxylation is 2. The molecule has 1 heterocycles. The lowest BCUT2D eigenvalue weighted by Crippen LogP contribution is -2.37. The van der Waals surface area contributed by atoms with Crippen LogP contribution in [0.2, 0.25) is 0 Å². The predicted molar refractivity (Wildman–Crippen MR) is 106 cm³/mol. The molecule has 0 atom stereocenters. The molecule has 2 aromatic rings. The predicted octanol–water partition coefficient (Wildman–Crippen LogP) is 3.40. The minimum Gasteiger partial charge on any atom is -0.497 e. The van der Waals surface area contributed by atoms with Gasteiger partial charge < -0.3 is 10.1 Å². The first-order chi connectivity index (χ1) is 13.2. The highest BCUT2D eigenvalue weighted by atomic mass is 16.5. The Balaban J connectivity index is 1.33. The lowest BCUT2D eigenvalue weighted by molar-refractivity contribution is 0.266. The van der Waals surface area contributed by atoms with E-state index >= 15 is 0 Å². The molecule has 1 aromatic heterocycles. The van der Waals surface area contributed by atoms with Crippen molar-refractivity contribution in [1.82, 2.24) is 15.1 Å². The summed E-state index contributed by atoms with van der Waals surface area (Å²) in [6.07, 6.45) is 8.63. The van der Waals surface area contributed by atoms with Crippen molar-refractivity contribution >= 4 is 0 Å². The lowest BCUT2D eigenvalue weighted by atomic mass is 9.90. The van der Waals surface area contributed by atoms with Crippen LogP contribution in [0.1, 0.15) is 61.4 Å². The zero-order valence-electron chi connectivity index (χ0n) is 16.1. The number of hydrogen-bond acceptors (Lipinski definition) is 4. The number of nitrogens with one attached hydrogen (secondary N) is 1. The number of nitrogens with zero attached hydrogens (tertiary/aromatic N) is 2. The first-order valence-corrected chi connectivity index (χ1v) is 10.2. The van der Waals surface area contributed by atoms with E-state index in [2.05, 4.69) is 17.4 Å². The van der Waals surface area contributed by atoms with Crippen LogP contribution in [0.5, 0.6) is 5.75 Å². The van der Waals surface area contributed by atoms with Gasteiger partial charge in [0, 0.05) is 18.7 Å². The highest BCUT2D eigenvalue weighted by Gasteiger charge is 2.24. The Morgan fingerprint density at radius 2 is 1.85 bits per heavy atom. The standard InChI is InChI=1S/C22H29N3O2/c1-27-20-12-6-16(7-13-20)15-23-18-8-10-19(11-9-18)25-22(26)14-17-4-2-3-5-21(17)24-25/h6-7,12-14,18-19,23H,2-5,8-11,15H2,1H3. The fourth-order valence-electron chi connectivity index (χ4n) is 4.37. The zero-order chi connectivity index (χ0) is 18.6. The molecule has 0 bridgehead atoms. The molecular formula is C22H29N3O2. The Kier molecular flexibility index (Phi) is 5.58. The van der Waals surface area contributed by atoms with Crippen LogP contribution in [0.3, 0.4) is 0 Å². The van der Waals surface area contributed by atoms with Crippen molar-refractivity contribution in [3.8, 4) is 5.75 Å². The third-order valence-electron chi connectivity index (χ3n) is 6.03. The molecule has 0 saturated heterocycles. The molecule has 0 radical (unpaired) electrons. The summed E-state index contributed by atoms with van der Waals surface area (Å²) >= 11 is 0. The Morgan fingerprint density at radius 1 is 1.11 bits per heavy atom. The SMILES string of the molecule is COc1ccc(CNC2CCC(n3nc4c(cc3=O)CCCC4)CC2)cc1. The molecule has 27 heavy (non-hydrogen) atoms. The van der Waals surface area contributed by atoms with Crippen molar-refractivity contribution in [2.45, 2.75) is 70.0 Å². The summed E-state index contributed by atoms with van der Waals surface area (Å²) in [4.78, 5) is 12.5. The van der Waals surface area contributed by atoms with E-state index < -0.39 is 0 Å². The number of methoxy groups -OCH3 is 1. The van der Waals surface area contributed by atoms with E-state index in [4.69, 9.17) is 9.84 Å². The minimum absolute atomic E-state index is 0.0882. The second-order valence-electron chi connectivity index (χ2n) is 7.84. The lowest BCUT2D eigenvalue weighted by Gasteiger charge is -2.30. The fourth-order valence-corrected chi connectivity index (χ4v) is 4.37. The van der Waals surface area contributed by atoms with Gasteiger partial charge in [-0.2, -0.15) is 5.10 Å². The first-order valence-electron chi connectivity index (χ1n) is 10.2. The van der Waals surface area contributed by atoms with Gasteiger partial charge in [-0.05, 0) is 74.6 Å². The average Bonchev–Trinajstić information content (AvgIpc) is 2.72. The molecule has 5 heteroatoms. The molecule has 0 unspecified atom stereocenters. The van der Waals surface area contributed by atoms with E-state index in [0.29, 0.717) is 6.04 Å². The summed E-state index contributed by atoms with van der Waals surface area (Å²) in [6.45, 7) is 0.871. The third kappa shape index (κ3) is 4.24. The van der Waals surface area contributed by atoms with Gasteiger partial charge in [0.05, 0.1) is 18.8 Å². The fraction of sp³-hybridized carbons (Fsp3) is 0.545. The van der Waals surface area contributed by atoms with Gasteiger partial charge >= 0.3 is 0 Å². The molecule has 0 amide bonds. The van der Waals surface area contributed by atoms with Gasteiger partial charge in [0.25, 0.3) is 5.56 Å². The summed E-state index contributed by atoms with van der Waals surface area (Å²) in [7, 11) is 1.69. The van der Waals surface area contributed by atoms with Crippen molar-refractivity contribution in [3.63, 3.8) is 0 Å². The molecule has 0 spiro atoms. The summed E-state index contributed by atoms with van der Waals surface area (Å²) in [5.74, 6) is 0.891. The number of fused-ring (bicyclic) bond motifs is 1. The summed E-state index contributed by atoms with van der Waals surface area (Å²) in [6, 6.07) is 10.8. The molecule has 1 aromatic carbocycles. The second-order valence-corrected chi connectivity index (χ2v) is 7.84. The van der Waals surface area contributed by atoms with Crippen molar-refractivity contribution < 1.29 is 4.74 Å². The zero-order valence-corrected chi connectivity index (χ0v) is 16.1. The van der Waals surface area contributed by atoms with E-state index in [1.54, 1.807) is 11.8 Å². The van der Waals surface area contributed by atoms with E-state index in [1.807, 2.05) is 18.2 Å². The van der Waals surface area contributed by atoms with Gasteiger partial charge in [0.15, 0.2) is 0 Å². The third-order valence-corrected chi connectivity index (χ3v) is 6.03. The van der Waals surface area contributed by atoms with Crippen LogP contribution in [0.15, 0.2) is 35.1 Å². The van der Waals surface area contributed by atoms with Crippen LogP contribution >= 0.6 is 0 Å². The van der Waals surface area contributed by atoms with Crippen LogP contribution < -0.4 is 15.6 Å². The first kappa shape index (κ1) is 18.2. The van der Waals surface area contributed by atoms with Gasteiger partial charge in [-0.3, -0.25) is 4.79 Å². The van der Waals surface area contributed by atoms with E-state index in [9.17, 15) is 4.79 Å². The molecule has 1 saturated carbocycles. The van der Waals surface area contributed by atoms with Gasteiger partial charge in [-0.15, -0.1) is 0 Å². The molecule has 0 aliphatic heterocycles. The van der Waals surface area contributed by atoms with Crippen molar-refractivity contribution in [2.75, 3.05) is 7.11 Å². The van der Waals surface area contributed by atoms with E-state index in [0.717, 1.165) is 56.5 Å². The Labute approximate surface area is 160 Å². The van der Waals surface area contributed by atoms with Crippen LogP contribution in [0.4, 0.5) is 0 Å². The smallest absolute Gasteiger partial charge is 0.267 e. The normalized spacial score (nSPS) is 22.3. The molecule has 1 fully saturated rings. The van der Waals surface area contributed by atoms with E-state index in [-0.39, 0.29) is 11.6 Å². The minimum atomic E-state index is 0.0882. The van der Waals surface area contributed by atoms with Gasteiger partial charge in [0.1, 0.15) is 5.75 Å². The molecule has 144 valence electrons. The topological polar surface area (TPSA) is 56.1 Å². The summed E-state index contributed by atoms with van der Waals surface area (Å²) < 4.78 is 6.99. The van der Waals surface area contributed by atoms with Crippen molar-refractivity contribution in [2.24, 2.45) is 0 Å². The van der Waals surface area contributed by atoms with E-state index in [1.165, 1.54) is 24.0 Å². The molecule has 5 nitrogen and oxygen atoms in total. The average molecular weight is 367 g/mol. The van der Waals surface area contributed by atoms with Crippen LogP contribution in [0, 0.1) is 0 Å². The maximum atomic E-state index is 12.5. The maximum absolute atomic E-state index is 12.5. The highest BCUT2D eigenvalue weighted by molar-refractivity contribution is 5.27. The largest absolute Gasteiger partial charge is 0.497 e. The van der Waals surface area contributed by atoms with Gasteiger partial charge in [-0.25, -0.2) is 4.68 Å². The number of aromatic nitrogens is 2. The second kappa shape index (κ2) is 8.26. The summed E-state index contributed by atoms with van der Waals surface area (Å²) in [5.41, 5.74) is 3.69. The number of rotatable bonds is 5.